The molecule has 0 bridgehead atoms. The third-order valence-corrected chi connectivity index (χ3v) is 2.84. The molecule has 2 N–H and O–H groups in total. The van der Waals surface area contributed by atoms with Crippen LogP contribution in [-0.2, 0) is 11.2 Å². The van der Waals surface area contributed by atoms with Crippen LogP contribution in [0, 0.1) is 13.8 Å². The molecule has 1 rings (SSSR count). The van der Waals surface area contributed by atoms with Gasteiger partial charge in [-0.25, -0.2) is 0 Å². The molecule has 0 aromatic heterocycles. The Morgan fingerprint density at radius 1 is 1.41 bits per heavy atom. The van der Waals surface area contributed by atoms with Crippen molar-refractivity contribution < 1.29 is 19.7 Å². The maximum absolute atomic E-state index is 10.5. The number of carboxylic acid groups (broad SMARTS) is 1. The zero-order valence-corrected chi connectivity index (χ0v) is 10.4. The van der Waals surface area contributed by atoms with Gasteiger partial charge >= 0.3 is 5.97 Å². The highest BCUT2D eigenvalue weighted by atomic mass is 16.5. The summed E-state index contributed by atoms with van der Waals surface area (Å²) in [7, 11) is 1.52. The monoisotopic (exact) mass is 238 g/mol. The average molecular weight is 238 g/mol. The third kappa shape index (κ3) is 3.12. The lowest BCUT2D eigenvalue weighted by Crippen LogP contribution is -1.99. The van der Waals surface area contributed by atoms with E-state index in [2.05, 4.69) is 0 Å². The lowest BCUT2D eigenvalue weighted by Gasteiger charge is -2.14. The molecule has 0 aliphatic carbocycles. The molecule has 0 aliphatic rings. The highest BCUT2D eigenvalue weighted by molar-refractivity contribution is 5.66. The molecule has 0 atom stereocenters. The minimum atomic E-state index is -0.787. The second-order valence-corrected chi connectivity index (χ2v) is 4.11. The Kier molecular flexibility index (Phi) is 4.37. The van der Waals surface area contributed by atoms with Crippen molar-refractivity contribution in [1.82, 2.24) is 0 Å². The summed E-state index contributed by atoms with van der Waals surface area (Å²) in [5.74, 6) is -0.146. The maximum atomic E-state index is 10.5. The predicted octanol–water partition coefficient (Wildman–Crippen LogP) is 2.42. The summed E-state index contributed by atoms with van der Waals surface area (Å²) in [6.07, 6.45) is 1.42. The zero-order chi connectivity index (χ0) is 13.0. The number of phenols is 1. The number of carbonyl (C=O) groups is 1. The van der Waals surface area contributed by atoms with Crippen LogP contribution in [0.25, 0.3) is 0 Å². The lowest BCUT2D eigenvalue weighted by atomic mass is 9.98. The normalized spacial score (nSPS) is 10.3. The quantitative estimate of drug-likeness (QED) is 0.826. The molecule has 1 aromatic rings. The number of rotatable bonds is 5. The average Bonchev–Trinajstić information content (AvgIpc) is 2.26. The molecule has 0 aliphatic heterocycles. The summed E-state index contributed by atoms with van der Waals surface area (Å²) in [5, 5.41) is 18.4. The van der Waals surface area contributed by atoms with Crippen molar-refractivity contribution in [1.29, 1.82) is 0 Å². The minimum absolute atomic E-state index is 0.154. The van der Waals surface area contributed by atoms with Crippen molar-refractivity contribution >= 4 is 5.97 Å². The summed E-state index contributed by atoms with van der Waals surface area (Å²) in [6, 6.07) is 1.88. The topological polar surface area (TPSA) is 66.8 Å². The van der Waals surface area contributed by atoms with Crippen molar-refractivity contribution in [2.24, 2.45) is 0 Å². The fraction of sp³-hybridized carbons (Fsp3) is 0.462. The Hall–Kier alpha value is -1.71. The molecule has 1 aromatic carbocycles. The molecule has 0 fully saturated rings. The zero-order valence-electron chi connectivity index (χ0n) is 10.4. The molecular formula is C13H18O4. The van der Waals surface area contributed by atoms with Crippen LogP contribution >= 0.6 is 0 Å². The maximum Gasteiger partial charge on any atom is 0.303 e. The van der Waals surface area contributed by atoms with Crippen molar-refractivity contribution in [3.8, 4) is 11.5 Å². The first-order valence-electron chi connectivity index (χ1n) is 5.55. The molecule has 17 heavy (non-hydrogen) atoms. The van der Waals surface area contributed by atoms with E-state index in [1.807, 2.05) is 13.0 Å². The Bertz CT molecular complexity index is 424. The molecule has 0 saturated heterocycles. The van der Waals surface area contributed by atoms with E-state index < -0.39 is 5.97 Å². The van der Waals surface area contributed by atoms with Gasteiger partial charge in [-0.15, -0.1) is 0 Å². The predicted molar refractivity (Wildman–Crippen MR) is 64.7 cm³/mol. The SMILES string of the molecule is COc1c(C)c(CCCC(=O)O)cc(C)c1O. The molecule has 94 valence electrons. The second kappa shape index (κ2) is 5.57. The molecule has 0 unspecified atom stereocenters. The van der Waals surface area contributed by atoms with E-state index in [0.29, 0.717) is 18.6 Å². The van der Waals surface area contributed by atoms with Crippen LogP contribution in [0.4, 0.5) is 0 Å². The number of hydrogen-bond donors (Lipinski definition) is 2. The van der Waals surface area contributed by atoms with Gasteiger partial charge in [-0.2, -0.15) is 0 Å². The smallest absolute Gasteiger partial charge is 0.303 e. The van der Waals surface area contributed by atoms with Crippen LogP contribution in [0.5, 0.6) is 11.5 Å². The van der Waals surface area contributed by atoms with E-state index in [1.165, 1.54) is 7.11 Å². The van der Waals surface area contributed by atoms with Crippen molar-refractivity contribution in [2.75, 3.05) is 7.11 Å². The van der Waals surface area contributed by atoms with Crippen LogP contribution in [0.2, 0.25) is 0 Å². The van der Waals surface area contributed by atoms with Gasteiger partial charge in [0.1, 0.15) is 0 Å². The largest absolute Gasteiger partial charge is 0.504 e. The molecule has 0 amide bonds. The first-order valence-corrected chi connectivity index (χ1v) is 5.55. The van der Waals surface area contributed by atoms with Crippen LogP contribution in [-0.4, -0.2) is 23.3 Å². The van der Waals surface area contributed by atoms with Crippen LogP contribution in [0.1, 0.15) is 29.5 Å². The molecule has 0 spiro atoms. The highest BCUT2D eigenvalue weighted by Crippen LogP contribution is 2.35. The van der Waals surface area contributed by atoms with Gasteiger partial charge in [-0.3, -0.25) is 4.79 Å². The molecule has 0 heterocycles. The number of carboxylic acids is 1. The summed E-state index contributed by atoms with van der Waals surface area (Å²) < 4.78 is 5.16. The molecule has 4 nitrogen and oxygen atoms in total. The molecule has 4 heteroatoms. The first-order chi connectivity index (χ1) is 7.97. The van der Waals surface area contributed by atoms with Crippen LogP contribution < -0.4 is 4.74 Å². The van der Waals surface area contributed by atoms with E-state index in [9.17, 15) is 9.90 Å². The second-order valence-electron chi connectivity index (χ2n) is 4.11. The Morgan fingerprint density at radius 2 is 2.06 bits per heavy atom. The van der Waals surface area contributed by atoms with Gasteiger partial charge in [0.2, 0.25) is 0 Å². The molecular weight excluding hydrogens is 220 g/mol. The van der Waals surface area contributed by atoms with Crippen molar-refractivity contribution in [3.05, 3.63) is 22.8 Å². The van der Waals surface area contributed by atoms with Crippen LogP contribution in [0.15, 0.2) is 6.07 Å². The van der Waals surface area contributed by atoms with E-state index in [-0.39, 0.29) is 12.2 Å². The van der Waals surface area contributed by atoms with E-state index in [1.54, 1.807) is 6.92 Å². The number of aliphatic carboxylic acids is 1. The minimum Gasteiger partial charge on any atom is -0.504 e. The molecule has 0 radical (unpaired) electrons. The first kappa shape index (κ1) is 13.4. The Morgan fingerprint density at radius 3 is 2.59 bits per heavy atom. The number of benzene rings is 1. The van der Waals surface area contributed by atoms with Crippen LogP contribution in [0.3, 0.4) is 0 Å². The van der Waals surface area contributed by atoms with Gasteiger partial charge in [0.15, 0.2) is 11.5 Å². The summed E-state index contributed by atoms with van der Waals surface area (Å²) >= 11 is 0. The molecule has 0 saturated carbocycles. The van der Waals surface area contributed by atoms with E-state index in [4.69, 9.17) is 9.84 Å². The van der Waals surface area contributed by atoms with Gasteiger partial charge in [-0.1, -0.05) is 6.07 Å². The third-order valence-electron chi connectivity index (χ3n) is 2.84. The van der Waals surface area contributed by atoms with Gasteiger partial charge in [0.05, 0.1) is 7.11 Å². The number of hydrogen-bond acceptors (Lipinski definition) is 3. The number of phenolic OH excluding ortho intramolecular Hbond substituents is 1. The van der Waals surface area contributed by atoms with Gasteiger partial charge in [0.25, 0.3) is 0 Å². The number of aromatic hydroxyl groups is 1. The van der Waals surface area contributed by atoms with Crippen molar-refractivity contribution in [3.63, 3.8) is 0 Å². The summed E-state index contributed by atoms with van der Waals surface area (Å²) in [4.78, 5) is 10.5. The fourth-order valence-electron chi connectivity index (χ4n) is 1.88. The fourth-order valence-corrected chi connectivity index (χ4v) is 1.88. The Labute approximate surface area is 101 Å². The van der Waals surface area contributed by atoms with Gasteiger partial charge in [0, 0.05) is 6.42 Å². The summed E-state index contributed by atoms with van der Waals surface area (Å²) in [6.45, 7) is 3.67. The van der Waals surface area contributed by atoms with Crippen molar-refractivity contribution in [2.45, 2.75) is 33.1 Å². The number of ether oxygens (including phenoxy) is 1. The Balaban J connectivity index is 2.93. The van der Waals surface area contributed by atoms with Gasteiger partial charge in [-0.05, 0) is 43.4 Å². The number of aryl methyl sites for hydroxylation is 2. The van der Waals surface area contributed by atoms with E-state index >= 15 is 0 Å². The standard InChI is InChI=1S/C13H18O4/c1-8-7-10(5-4-6-11(14)15)9(2)13(17-3)12(8)16/h7,16H,4-6H2,1-3H3,(H,14,15). The van der Waals surface area contributed by atoms with Gasteiger partial charge < -0.3 is 14.9 Å². The highest BCUT2D eigenvalue weighted by Gasteiger charge is 2.13. The number of methoxy groups -OCH3 is 1. The lowest BCUT2D eigenvalue weighted by molar-refractivity contribution is -0.137. The summed E-state index contributed by atoms with van der Waals surface area (Å²) in [5.41, 5.74) is 2.65. The van der Waals surface area contributed by atoms with E-state index in [0.717, 1.165) is 16.7 Å².